The van der Waals surface area contributed by atoms with Gasteiger partial charge in [-0.1, -0.05) is 32.1 Å². The Kier molecular flexibility index (Phi) is 11.1. The predicted molar refractivity (Wildman–Crippen MR) is 69.5 cm³/mol. The van der Waals surface area contributed by atoms with Crippen LogP contribution in [0.15, 0.2) is 11.6 Å². The lowest BCUT2D eigenvalue weighted by molar-refractivity contribution is -0.0166. The molecule has 1 atom stereocenters. The second kappa shape index (κ2) is 11.7. The third-order valence-electron chi connectivity index (χ3n) is 2.24. The van der Waals surface area contributed by atoms with Crippen molar-refractivity contribution in [2.45, 2.75) is 45.6 Å². The Morgan fingerprint density at radius 1 is 1.41 bits per heavy atom. The SMILES string of the molecule is CCCC/C(C#CCOCOC)=C/C(O)CC. The fraction of sp³-hybridized carbons (Fsp3) is 0.714. The van der Waals surface area contributed by atoms with Gasteiger partial charge in [-0.05, 0) is 25.3 Å². The molecule has 0 aliphatic rings. The van der Waals surface area contributed by atoms with Gasteiger partial charge in [0.2, 0.25) is 0 Å². The molecule has 0 fully saturated rings. The van der Waals surface area contributed by atoms with Gasteiger partial charge in [0.15, 0.2) is 0 Å². The van der Waals surface area contributed by atoms with E-state index < -0.39 is 6.10 Å². The summed E-state index contributed by atoms with van der Waals surface area (Å²) in [6.45, 7) is 4.72. The quantitative estimate of drug-likeness (QED) is 0.402. The van der Waals surface area contributed by atoms with Gasteiger partial charge in [-0.2, -0.15) is 0 Å². The summed E-state index contributed by atoms with van der Waals surface area (Å²) in [5, 5.41) is 9.57. The van der Waals surface area contributed by atoms with Gasteiger partial charge >= 0.3 is 0 Å². The summed E-state index contributed by atoms with van der Waals surface area (Å²) in [6.07, 6.45) is 5.31. The van der Waals surface area contributed by atoms with Crippen LogP contribution < -0.4 is 0 Å². The van der Waals surface area contributed by atoms with Crippen LogP contribution in [0.2, 0.25) is 0 Å². The minimum atomic E-state index is -0.393. The number of ether oxygens (including phenoxy) is 2. The standard InChI is InChI=1S/C14H24O3/c1-4-6-8-13(11-14(15)5-2)9-7-10-17-12-16-3/h11,14-15H,4-6,8,10,12H2,1-3H3/b13-11-. The Balaban J connectivity index is 4.21. The van der Waals surface area contributed by atoms with Gasteiger partial charge in [-0.15, -0.1) is 0 Å². The molecule has 1 unspecified atom stereocenters. The highest BCUT2D eigenvalue weighted by Crippen LogP contribution is 2.08. The van der Waals surface area contributed by atoms with E-state index in [1.54, 1.807) is 7.11 Å². The largest absolute Gasteiger partial charge is 0.389 e. The Hall–Kier alpha value is -0.820. The van der Waals surface area contributed by atoms with Gasteiger partial charge in [-0.3, -0.25) is 0 Å². The molecule has 98 valence electrons. The van der Waals surface area contributed by atoms with E-state index in [1.807, 2.05) is 13.0 Å². The molecule has 0 aliphatic carbocycles. The summed E-state index contributed by atoms with van der Waals surface area (Å²) >= 11 is 0. The van der Waals surface area contributed by atoms with Crippen LogP contribution in [0.4, 0.5) is 0 Å². The molecule has 0 saturated heterocycles. The number of aliphatic hydroxyl groups excluding tert-OH is 1. The molecule has 0 aromatic heterocycles. The maximum absolute atomic E-state index is 9.57. The minimum Gasteiger partial charge on any atom is -0.389 e. The van der Waals surface area contributed by atoms with Gasteiger partial charge in [0, 0.05) is 12.7 Å². The first-order chi connectivity index (χ1) is 8.24. The Bertz CT molecular complexity index is 260. The van der Waals surface area contributed by atoms with E-state index in [0.717, 1.165) is 31.3 Å². The topological polar surface area (TPSA) is 38.7 Å². The summed E-state index contributed by atoms with van der Waals surface area (Å²) < 4.78 is 9.83. The summed E-state index contributed by atoms with van der Waals surface area (Å²) in [5.74, 6) is 5.98. The first-order valence-corrected chi connectivity index (χ1v) is 6.18. The molecule has 3 heteroatoms. The van der Waals surface area contributed by atoms with Crippen LogP contribution in [0.1, 0.15) is 39.5 Å². The van der Waals surface area contributed by atoms with E-state index in [2.05, 4.69) is 18.8 Å². The molecule has 0 rings (SSSR count). The highest BCUT2D eigenvalue weighted by atomic mass is 16.7. The molecule has 0 spiro atoms. The molecule has 0 bridgehead atoms. The van der Waals surface area contributed by atoms with Crippen molar-refractivity contribution in [1.82, 2.24) is 0 Å². The van der Waals surface area contributed by atoms with E-state index in [-0.39, 0.29) is 6.79 Å². The second-order valence-electron chi connectivity index (χ2n) is 3.83. The van der Waals surface area contributed by atoms with Gasteiger partial charge in [0.1, 0.15) is 13.4 Å². The molecule has 0 aliphatic heterocycles. The number of rotatable bonds is 8. The molecule has 0 aromatic carbocycles. The van der Waals surface area contributed by atoms with Crippen molar-refractivity contribution in [2.24, 2.45) is 0 Å². The van der Waals surface area contributed by atoms with Crippen molar-refractivity contribution in [2.75, 3.05) is 20.5 Å². The molecular formula is C14H24O3. The Labute approximate surface area is 105 Å². The molecule has 1 N–H and O–H groups in total. The molecule has 0 saturated carbocycles. The van der Waals surface area contributed by atoms with E-state index in [9.17, 15) is 5.11 Å². The lowest BCUT2D eigenvalue weighted by Gasteiger charge is -2.03. The monoisotopic (exact) mass is 240 g/mol. The maximum Gasteiger partial charge on any atom is 0.147 e. The first kappa shape index (κ1) is 16.2. The fourth-order valence-corrected chi connectivity index (χ4v) is 1.23. The number of methoxy groups -OCH3 is 1. The average Bonchev–Trinajstić information content (AvgIpc) is 2.35. The summed E-state index contributed by atoms with van der Waals surface area (Å²) in [7, 11) is 1.58. The van der Waals surface area contributed by atoms with E-state index in [0.29, 0.717) is 6.61 Å². The third kappa shape index (κ3) is 10.1. The zero-order chi connectivity index (χ0) is 12.9. The van der Waals surface area contributed by atoms with Crippen molar-refractivity contribution >= 4 is 0 Å². The van der Waals surface area contributed by atoms with Crippen LogP contribution in [0.5, 0.6) is 0 Å². The molecule has 0 radical (unpaired) electrons. The Morgan fingerprint density at radius 2 is 2.18 bits per heavy atom. The van der Waals surface area contributed by atoms with Crippen LogP contribution in [0, 0.1) is 11.8 Å². The van der Waals surface area contributed by atoms with Gasteiger partial charge in [0.25, 0.3) is 0 Å². The van der Waals surface area contributed by atoms with Crippen molar-refractivity contribution in [3.05, 3.63) is 11.6 Å². The molecule has 3 nitrogen and oxygen atoms in total. The lowest BCUT2D eigenvalue weighted by atomic mass is 10.1. The highest BCUT2D eigenvalue weighted by Gasteiger charge is 1.98. The maximum atomic E-state index is 9.57. The fourth-order valence-electron chi connectivity index (χ4n) is 1.23. The number of unbranched alkanes of at least 4 members (excludes halogenated alkanes) is 1. The van der Waals surface area contributed by atoms with Crippen LogP contribution in [0.3, 0.4) is 0 Å². The molecule has 0 aromatic rings. The number of hydrogen-bond donors (Lipinski definition) is 1. The van der Waals surface area contributed by atoms with E-state index in [4.69, 9.17) is 9.47 Å². The highest BCUT2D eigenvalue weighted by molar-refractivity contribution is 5.29. The van der Waals surface area contributed by atoms with Crippen molar-refractivity contribution in [3.8, 4) is 11.8 Å². The van der Waals surface area contributed by atoms with Crippen molar-refractivity contribution in [3.63, 3.8) is 0 Å². The number of aliphatic hydroxyl groups is 1. The normalized spacial score (nSPS) is 13.1. The summed E-state index contributed by atoms with van der Waals surface area (Å²) in [6, 6.07) is 0. The van der Waals surface area contributed by atoms with Crippen LogP contribution in [-0.4, -0.2) is 31.7 Å². The number of allylic oxidation sites excluding steroid dienone is 1. The molecule has 0 amide bonds. The predicted octanol–water partition coefficient (Wildman–Crippen LogP) is 2.50. The van der Waals surface area contributed by atoms with Gasteiger partial charge < -0.3 is 14.6 Å². The van der Waals surface area contributed by atoms with Crippen LogP contribution >= 0.6 is 0 Å². The average molecular weight is 240 g/mol. The van der Waals surface area contributed by atoms with E-state index >= 15 is 0 Å². The van der Waals surface area contributed by atoms with E-state index in [1.165, 1.54) is 0 Å². The van der Waals surface area contributed by atoms with Crippen LogP contribution in [0.25, 0.3) is 0 Å². The van der Waals surface area contributed by atoms with Crippen LogP contribution in [-0.2, 0) is 9.47 Å². The van der Waals surface area contributed by atoms with Crippen molar-refractivity contribution in [1.29, 1.82) is 0 Å². The molecular weight excluding hydrogens is 216 g/mol. The first-order valence-electron chi connectivity index (χ1n) is 6.18. The molecule has 0 heterocycles. The van der Waals surface area contributed by atoms with Gasteiger partial charge in [0.05, 0.1) is 6.10 Å². The zero-order valence-electron chi connectivity index (χ0n) is 11.2. The Morgan fingerprint density at radius 3 is 2.76 bits per heavy atom. The second-order valence-corrected chi connectivity index (χ2v) is 3.83. The minimum absolute atomic E-state index is 0.264. The lowest BCUT2D eigenvalue weighted by Crippen LogP contribution is -2.01. The molecule has 17 heavy (non-hydrogen) atoms. The smallest absolute Gasteiger partial charge is 0.147 e. The van der Waals surface area contributed by atoms with Gasteiger partial charge in [-0.25, -0.2) is 0 Å². The summed E-state index contributed by atoms with van der Waals surface area (Å²) in [5.41, 5.74) is 1.00. The third-order valence-corrected chi connectivity index (χ3v) is 2.24. The zero-order valence-corrected chi connectivity index (χ0v) is 11.2. The van der Waals surface area contributed by atoms with Crippen molar-refractivity contribution < 1.29 is 14.6 Å². The number of hydrogen-bond acceptors (Lipinski definition) is 3. The summed E-state index contributed by atoms with van der Waals surface area (Å²) in [4.78, 5) is 0.